The van der Waals surface area contributed by atoms with Crippen LogP contribution in [-0.4, -0.2) is 51.1 Å². The maximum atomic E-state index is 12.1. The van der Waals surface area contributed by atoms with Crippen LogP contribution >= 0.6 is 0 Å². The maximum Gasteiger partial charge on any atom is 0.254 e. The number of ketones is 1. The standard InChI is InChI=1S/C21H19NO6/c1-22(9-5-8-21(24)19(23)18(25-2)20(21)26-3)15-7-4-6-13-10-16-17(11-14(13)15)28-12-27-16/h4,6-7,10-11,24H,9,12H2,1-3H3. The molecule has 0 saturated carbocycles. The fourth-order valence-electron chi connectivity index (χ4n) is 3.37. The van der Waals surface area contributed by atoms with Crippen LogP contribution in [0.3, 0.4) is 0 Å². The van der Waals surface area contributed by atoms with E-state index in [1.807, 2.05) is 42.3 Å². The summed E-state index contributed by atoms with van der Waals surface area (Å²) in [6.45, 7) is 0.510. The summed E-state index contributed by atoms with van der Waals surface area (Å²) >= 11 is 0. The zero-order valence-electron chi connectivity index (χ0n) is 15.7. The predicted octanol–water partition coefficient (Wildman–Crippen LogP) is 1.83. The third kappa shape index (κ3) is 2.62. The molecule has 0 spiro atoms. The van der Waals surface area contributed by atoms with Gasteiger partial charge in [-0.1, -0.05) is 18.1 Å². The summed E-state index contributed by atoms with van der Waals surface area (Å²) in [7, 11) is 4.59. The van der Waals surface area contributed by atoms with Gasteiger partial charge in [0.1, 0.15) is 0 Å². The molecule has 4 rings (SSSR count). The lowest BCUT2D eigenvalue weighted by Gasteiger charge is -2.32. The van der Waals surface area contributed by atoms with Gasteiger partial charge < -0.3 is 29.0 Å². The molecule has 0 saturated heterocycles. The second-order valence-corrected chi connectivity index (χ2v) is 6.47. The minimum absolute atomic E-state index is 0.00205. The second kappa shape index (κ2) is 6.66. The molecular formula is C21H19NO6. The SMILES string of the molecule is COC1=C(OC)C(O)(C#CCN(C)c2cccc3cc4c(cc23)OCO4)C1=O. The van der Waals surface area contributed by atoms with Crippen LogP contribution in [-0.2, 0) is 14.3 Å². The largest absolute Gasteiger partial charge is 0.493 e. The summed E-state index contributed by atoms with van der Waals surface area (Å²) in [5, 5.41) is 12.5. The van der Waals surface area contributed by atoms with Gasteiger partial charge in [-0.2, -0.15) is 0 Å². The van der Waals surface area contributed by atoms with Crippen molar-refractivity contribution >= 4 is 22.2 Å². The molecule has 0 fully saturated rings. The molecule has 2 aliphatic rings. The van der Waals surface area contributed by atoms with Crippen LogP contribution in [0.2, 0.25) is 0 Å². The van der Waals surface area contributed by atoms with Gasteiger partial charge in [0.05, 0.1) is 20.8 Å². The van der Waals surface area contributed by atoms with Crippen LogP contribution < -0.4 is 14.4 Å². The molecule has 0 radical (unpaired) electrons. The Labute approximate surface area is 162 Å². The average molecular weight is 381 g/mol. The Morgan fingerprint density at radius 2 is 1.96 bits per heavy atom. The highest BCUT2D eigenvalue weighted by Crippen LogP contribution is 2.39. The van der Waals surface area contributed by atoms with E-state index in [4.69, 9.17) is 18.9 Å². The van der Waals surface area contributed by atoms with Crippen LogP contribution in [0.5, 0.6) is 11.5 Å². The van der Waals surface area contributed by atoms with Crippen LogP contribution in [0.15, 0.2) is 41.9 Å². The zero-order valence-corrected chi connectivity index (χ0v) is 15.7. The highest BCUT2D eigenvalue weighted by molar-refractivity contribution is 6.12. The third-order valence-corrected chi connectivity index (χ3v) is 4.83. The van der Waals surface area contributed by atoms with Crippen LogP contribution in [0.1, 0.15) is 0 Å². The number of Topliss-reactive ketones (excluding diaryl/α,β-unsaturated/α-hetero) is 1. The van der Waals surface area contributed by atoms with Crippen molar-refractivity contribution in [2.75, 3.05) is 39.5 Å². The first kappa shape index (κ1) is 18.0. The summed E-state index contributed by atoms with van der Waals surface area (Å²) in [5.74, 6) is 6.34. The van der Waals surface area contributed by atoms with Crippen molar-refractivity contribution in [1.29, 1.82) is 0 Å². The van der Waals surface area contributed by atoms with E-state index in [0.717, 1.165) is 22.2 Å². The van der Waals surface area contributed by atoms with Crippen molar-refractivity contribution in [2.24, 2.45) is 0 Å². The van der Waals surface area contributed by atoms with Crippen LogP contribution in [0.4, 0.5) is 5.69 Å². The fraction of sp³-hybridized carbons (Fsp3) is 0.286. The molecule has 7 heteroatoms. The van der Waals surface area contributed by atoms with Crippen LogP contribution in [0, 0.1) is 11.8 Å². The Bertz CT molecular complexity index is 1060. The molecule has 1 unspecified atom stereocenters. The Balaban J connectivity index is 1.59. The number of methoxy groups -OCH3 is 2. The normalized spacial score (nSPS) is 19.8. The number of carbonyl (C=O) groups is 1. The summed E-state index contributed by atoms with van der Waals surface area (Å²) < 4.78 is 20.9. The number of anilines is 1. The van der Waals surface area contributed by atoms with Crippen molar-refractivity contribution in [1.82, 2.24) is 0 Å². The Kier molecular flexibility index (Phi) is 4.28. The fourth-order valence-corrected chi connectivity index (χ4v) is 3.37. The van der Waals surface area contributed by atoms with Gasteiger partial charge in [-0.15, -0.1) is 0 Å². The van der Waals surface area contributed by atoms with Gasteiger partial charge in [0.2, 0.25) is 12.6 Å². The van der Waals surface area contributed by atoms with Gasteiger partial charge in [-0.05, 0) is 29.5 Å². The topological polar surface area (TPSA) is 77.5 Å². The molecule has 2 aromatic carbocycles. The molecule has 28 heavy (non-hydrogen) atoms. The first-order valence-electron chi connectivity index (χ1n) is 8.63. The molecule has 1 aliphatic heterocycles. The minimum atomic E-state index is -1.95. The summed E-state index contributed by atoms with van der Waals surface area (Å²) in [5.41, 5.74) is -1.01. The number of rotatable bonds is 4. The van der Waals surface area contributed by atoms with Gasteiger partial charge in [0.25, 0.3) is 11.4 Å². The number of benzene rings is 2. The molecule has 144 valence electrons. The number of hydrogen-bond donors (Lipinski definition) is 1. The van der Waals surface area contributed by atoms with Crippen molar-refractivity contribution < 1.29 is 28.8 Å². The van der Waals surface area contributed by atoms with Crippen molar-refractivity contribution in [3.63, 3.8) is 0 Å². The first-order valence-corrected chi connectivity index (χ1v) is 8.63. The summed E-state index contributed by atoms with van der Waals surface area (Å²) in [6.07, 6.45) is 0. The number of ether oxygens (including phenoxy) is 4. The van der Waals surface area contributed by atoms with E-state index in [0.29, 0.717) is 12.3 Å². The Hall–Kier alpha value is -3.37. The van der Waals surface area contributed by atoms with Gasteiger partial charge in [0, 0.05) is 18.1 Å². The van der Waals surface area contributed by atoms with Gasteiger partial charge in [0.15, 0.2) is 17.3 Å². The van der Waals surface area contributed by atoms with E-state index in [-0.39, 0.29) is 18.3 Å². The Morgan fingerprint density at radius 3 is 2.68 bits per heavy atom. The molecule has 0 amide bonds. The van der Waals surface area contributed by atoms with Crippen molar-refractivity contribution in [2.45, 2.75) is 5.60 Å². The monoisotopic (exact) mass is 381 g/mol. The molecule has 1 atom stereocenters. The third-order valence-electron chi connectivity index (χ3n) is 4.83. The molecule has 1 heterocycles. The van der Waals surface area contributed by atoms with Crippen LogP contribution in [0.25, 0.3) is 10.8 Å². The zero-order chi connectivity index (χ0) is 19.9. The number of hydrogen-bond acceptors (Lipinski definition) is 7. The number of nitrogens with zero attached hydrogens (tertiary/aromatic N) is 1. The molecule has 0 aromatic heterocycles. The van der Waals surface area contributed by atoms with E-state index in [9.17, 15) is 9.90 Å². The van der Waals surface area contributed by atoms with Crippen molar-refractivity contribution in [3.05, 3.63) is 41.9 Å². The number of fused-ring (bicyclic) bond motifs is 2. The molecular weight excluding hydrogens is 362 g/mol. The van der Waals surface area contributed by atoms with Gasteiger partial charge in [-0.3, -0.25) is 4.79 Å². The maximum absolute atomic E-state index is 12.1. The highest BCUT2D eigenvalue weighted by Gasteiger charge is 2.55. The molecule has 2 aromatic rings. The second-order valence-electron chi connectivity index (χ2n) is 6.47. The average Bonchev–Trinajstić information content (AvgIpc) is 3.16. The van der Waals surface area contributed by atoms with Gasteiger partial charge in [-0.25, -0.2) is 0 Å². The molecule has 1 aliphatic carbocycles. The Morgan fingerprint density at radius 1 is 1.21 bits per heavy atom. The van der Waals surface area contributed by atoms with E-state index in [1.54, 1.807) is 0 Å². The summed E-state index contributed by atoms with van der Waals surface area (Å²) in [4.78, 5) is 14.0. The minimum Gasteiger partial charge on any atom is -0.493 e. The van der Waals surface area contributed by atoms with E-state index < -0.39 is 11.4 Å². The van der Waals surface area contributed by atoms with Crippen molar-refractivity contribution in [3.8, 4) is 23.3 Å². The molecule has 0 bridgehead atoms. The smallest absolute Gasteiger partial charge is 0.254 e. The molecule has 1 N–H and O–H groups in total. The predicted molar refractivity (Wildman–Crippen MR) is 102 cm³/mol. The quantitative estimate of drug-likeness (QED) is 0.810. The molecule has 7 nitrogen and oxygen atoms in total. The van der Waals surface area contributed by atoms with E-state index in [2.05, 4.69) is 11.8 Å². The first-order chi connectivity index (χ1) is 13.5. The number of carbonyl (C=O) groups excluding carboxylic acids is 1. The number of aliphatic hydroxyl groups is 1. The van der Waals surface area contributed by atoms with E-state index >= 15 is 0 Å². The highest BCUT2D eigenvalue weighted by atomic mass is 16.7. The van der Waals surface area contributed by atoms with E-state index in [1.165, 1.54) is 14.2 Å². The van der Waals surface area contributed by atoms with Gasteiger partial charge >= 0.3 is 0 Å². The summed E-state index contributed by atoms with van der Waals surface area (Å²) in [6, 6.07) is 9.80. The lowest BCUT2D eigenvalue weighted by Crippen LogP contribution is -2.51. The lowest BCUT2D eigenvalue weighted by molar-refractivity contribution is -0.138. The lowest BCUT2D eigenvalue weighted by atomic mass is 9.83.